The maximum atomic E-state index is 13.3. The number of likely N-dealkylation sites (tertiary alicyclic amines) is 1. The van der Waals surface area contributed by atoms with Crippen molar-refractivity contribution < 1.29 is 56.1 Å². The van der Waals surface area contributed by atoms with Crippen molar-refractivity contribution in [2.75, 3.05) is 76.6 Å². The minimum Gasteiger partial charge on any atom is -0.489 e. The van der Waals surface area contributed by atoms with Gasteiger partial charge in [-0.3, -0.25) is 34.2 Å². The van der Waals surface area contributed by atoms with Crippen LogP contribution in [0.15, 0.2) is 65.7 Å². The number of anilines is 4. The minimum atomic E-state index is -3.60. The largest absolute Gasteiger partial charge is 0.489 e. The van der Waals surface area contributed by atoms with Gasteiger partial charge in [0.1, 0.15) is 16.8 Å². The second kappa shape index (κ2) is 26.0. The van der Waals surface area contributed by atoms with E-state index in [0.717, 1.165) is 28.9 Å². The number of aryl methyl sites for hydroxylation is 2. The van der Waals surface area contributed by atoms with Gasteiger partial charge in [-0.25, -0.2) is 13.4 Å². The van der Waals surface area contributed by atoms with E-state index in [4.69, 9.17) is 35.3 Å². The summed E-state index contributed by atoms with van der Waals surface area (Å²) in [6.07, 6.45) is 4.48. The van der Waals surface area contributed by atoms with Gasteiger partial charge in [0.25, 0.3) is 11.8 Å². The third-order valence-electron chi connectivity index (χ3n) is 12.9. The van der Waals surface area contributed by atoms with Crippen LogP contribution in [0, 0.1) is 6.92 Å². The van der Waals surface area contributed by atoms with E-state index in [1.165, 1.54) is 6.20 Å². The van der Waals surface area contributed by atoms with Gasteiger partial charge in [-0.2, -0.15) is 4.98 Å². The van der Waals surface area contributed by atoms with Gasteiger partial charge < -0.3 is 39.2 Å². The van der Waals surface area contributed by atoms with E-state index in [1.807, 2.05) is 31.7 Å². The highest BCUT2D eigenvalue weighted by atomic mass is 35.5. The molecule has 5 amide bonds. The smallest absolute Gasteiger partial charge is 0.262 e. The average molecular weight is 1060 g/mol. The number of hydrogen-bond acceptors (Lipinski definition) is 16. The Kier molecular flexibility index (Phi) is 19.5. The Morgan fingerprint density at radius 1 is 0.824 bits per heavy atom. The monoisotopic (exact) mass is 1060 g/mol. The first-order valence-electron chi connectivity index (χ1n) is 25.2. The SMILES string of the molecule is Cc1cc(Nc2ncc(Cl)c(Nc3ccccc3S(=O)(=O)C(C)C)n2)c(OC(C)C)cc1C1CCN(C(=O)CCOCCOCCOCCOCCCc2cccc3c2C(=O)N(C2CCC(=O)NC2=O)C3=O)CC1. The molecular weight excluding hydrogens is 994 g/mol. The van der Waals surface area contributed by atoms with Crippen LogP contribution in [-0.2, 0) is 49.6 Å². The predicted octanol–water partition coefficient (Wildman–Crippen LogP) is 7.09. The van der Waals surface area contributed by atoms with Crippen molar-refractivity contribution in [3.8, 4) is 5.75 Å². The zero-order valence-electron chi connectivity index (χ0n) is 42.6. The summed E-state index contributed by atoms with van der Waals surface area (Å²) in [5, 5.41) is 8.19. The molecular formula is C53H66ClN7O12S. The number of aromatic nitrogens is 2. The van der Waals surface area contributed by atoms with Crippen molar-refractivity contribution in [2.45, 2.75) is 108 Å². The normalized spacial score (nSPS) is 16.3. The van der Waals surface area contributed by atoms with Crippen molar-refractivity contribution >= 4 is 74.1 Å². The fraction of sp³-hybridized carbons (Fsp3) is 0.491. The highest BCUT2D eigenvalue weighted by molar-refractivity contribution is 7.92. The molecule has 3 aliphatic heterocycles. The fourth-order valence-electron chi connectivity index (χ4n) is 9.10. The number of rotatable bonds is 26. The molecule has 19 nitrogen and oxygen atoms in total. The number of fused-ring (bicyclic) bond motifs is 1. The lowest BCUT2D eigenvalue weighted by Crippen LogP contribution is -2.54. The molecule has 3 aliphatic rings. The highest BCUT2D eigenvalue weighted by Crippen LogP contribution is 2.39. The molecule has 0 spiro atoms. The molecule has 21 heteroatoms. The van der Waals surface area contributed by atoms with Gasteiger partial charge in [0.2, 0.25) is 23.7 Å². The molecule has 2 fully saturated rings. The number of piperidine rings is 2. The van der Waals surface area contributed by atoms with Crippen LogP contribution in [0.2, 0.25) is 5.02 Å². The molecule has 1 unspecified atom stereocenters. The summed E-state index contributed by atoms with van der Waals surface area (Å²) in [6, 6.07) is 14.8. The van der Waals surface area contributed by atoms with E-state index in [2.05, 4.69) is 32.0 Å². The molecule has 3 aromatic carbocycles. The van der Waals surface area contributed by atoms with E-state index >= 15 is 0 Å². The molecule has 398 valence electrons. The number of carbonyl (C=O) groups is 5. The molecule has 1 aromatic heterocycles. The third kappa shape index (κ3) is 14.0. The molecule has 1 atom stereocenters. The van der Waals surface area contributed by atoms with Crippen LogP contribution in [0.25, 0.3) is 0 Å². The first-order valence-corrected chi connectivity index (χ1v) is 27.1. The zero-order chi connectivity index (χ0) is 52.9. The third-order valence-corrected chi connectivity index (χ3v) is 15.4. The maximum absolute atomic E-state index is 13.3. The lowest BCUT2D eigenvalue weighted by atomic mass is 9.86. The van der Waals surface area contributed by atoms with Crippen molar-refractivity contribution in [3.05, 3.63) is 93.6 Å². The minimum absolute atomic E-state index is 0.0514. The van der Waals surface area contributed by atoms with Crippen LogP contribution in [0.5, 0.6) is 5.75 Å². The topological polar surface area (TPSA) is 234 Å². The maximum Gasteiger partial charge on any atom is 0.262 e. The second-order valence-electron chi connectivity index (χ2n) is 18.8. The lowest BCUT2D eigenvalue weighted by Gasteiger charge is -2.33. The molecule has 2 saturated heterocycles. The molecule has 0 bridgehead atoms. The van der Waals surface area contributed by atoms with E-state index in [-0.39, 0.29) is 64.4 Å². The Morgan fingerprint density at radius 2 is 1.50 bits per heavy atom. The summed E-state index contributed by atoms with van der Waals surface area (Å²) >= 11 is 6.51. The molecule has 4 heterocycles. The number of ether oxygens (including phenoxy) is 5. The van der Waals surface area contributed by atoms with Crippen LogP contribution in [0.3, 0.4) is 0 Å². The van der Waals surface area contributed by atoms with Gasteiger partial charge in [0.15, 0.2) is 15.7 Å². The number of halogens is 1. The highest BCUT2D eigenvalue weighted by Gasteiger charge is 2.45. The quantitative estimate of drug-likeness (QED) is 0.0421. The molecule has 0 saturated carbocycles. The first-order chi connectivity index (χ1) is 35.5. The zero-order valence-corrected chi connectivity index (χ0v) is 44.2. The van der Waals surface area contributed by atoms with Gasteiger partial charge >= 0.3 is 0 Å². The van der Waals surface area contributed by atoms with Crippen LogP contribution in [0.1, 0.15) is 110 Å². The van der Waals surface area contributed by atoms with Crippen LogP contribution in [-0.4, -0.2) is 141 Å². The van der Waals surface area contributed by atoms with Gasteiger partial charge in [0.05, 0.1) is 97.6 Å². The predicted molar refractivity (Wildman–Crippen MR) is 277 cm³/mol. The van der Waals surface area contributed by atoms with E-state index in [1.54, 1.807) is 56.3 Å². The van der Waals surface area contributed by atoms with Crippen LogP contribution >= 0.6 is 11.6 Å². The van der Waals surface area contributed by atoms with E-state index in [9.17, 15) is 32.4 Å². The van der Waals surface area contributed by atoms with Gasteiger partial charge in [-0.05, 0) is 120 Å². The lowest BCUT2D eigenvalue weighted by molar-refractivity contribution is -0.136. The Hall–Kier alpha value is -6.03. The summed E-state index contributed by atoms with van der Waals surface area (Å²) in [6.45, 7) is 13.4. The Morgan fingerprint density at radius 3 is 2.18 bits per heavy atom. The number of amides is 5. The van der Waals surface area contributed by atoms with Gasteiger partial charge in [-0.15, -0.1) is 0 Å². The molecule has 7 rings (SSSR count). The Labute approximate surface area is 437 Å². The standard InChI is InChI=1S/C53H66ClN7O12S/c1-33(2)73-44-31-39(35(5)30-42(44)57-53-55-32-40(54)49(59-53)56-41-13-6-7-14-45(41)74(67,68)34(3)4)36-17-20-60(21-18-36)47(63)19-23-70-25-27-72-29-28-71-26-24-69-22-9-11-37-10-8-12-38-48(37)52(66)61(51(38)65)43-15-16-46(62)58-50(43)64/h6-8,10,12-14,30-34,36,43H,9,11,15-29H2,1-5H3,(H,58,62,64)(H2,55,56,57,59). The average Bonchev–Trinajstić information content (AvgIpc) is 3.62. The molecule has 3 N–H and O–H groups in total. The Bertz CT molecular complexity index is 2790. The molecule has 0 aliphatic carbocycles. The van der Waals surface area contributed by atoms with Crippen molar-refractivity contribution in [1.82, 2.24) is 25.1 Å². The van der Waals surface area contributed by atoms with E-state index < -0.39 is 44.8 Å². The molecule has 74 heavy (non-hydrogen) atoms. The van der Waals surface area contributed by atoms with E-state index in [0.29, 0.717) is 107 Å². The number of para-hydroxylation sites is 1. The number of benzene rings is 3. The number of nitrogens with zero attached hydrogens (tertiary/aromatic N) is 4. The van der Waals surface area contributed by atoms with Crippen LogP contribution in [0.4, 0.5) is 23.1 Å². The van der Waals surface area contributed by atoms with Gasteiger partial charge in [-0.1, -0.05) is 35.9 Å². The van der Waals surface area contributed by atoms with Crippen molar-refractivity contribution in [3.63, 3.8) is 0 Å². The molecule has 0 radical (unpaired) electrons. The summed E-state index contributed by atoms with van der Waals surface area (Å²) in [5.41, 5.74) is 4.48. The number of sulfone groups is 1. The van der Waals surface area contributed by atoms with Crippen LogP contribution < -0.4 is 20.7 Å². The molecule has 4 aromatic rings. The fourth-order valence-corrected chi connectivity index (χ4v) is 10.4. The summed E-state index contributed by atoms with van der Waals surface area (Å²) < 4.78 is 55.1. The van der Waals surface area contributed by atoms with Crippen molar-refractivity contribution in [1.29, 1.82) is 0 Å². The Balaban J connectivity index is 0.759. The van der Waals surface area contributed by atoms with Gasteiger partial charge in [0, 0.05) is 26.1 Å². The number of imide groups is 2. The first kappa shape index (κ1) is 55.7. The van der Waals surface area contributed by atoms with Crippen molar-refractivity contribution in [2.24, 2.45) is 0 Å². The number of nitrogens with one attached hydrogen (secondary N) is 3. The summed E-state index contributed by atoms with van der Waals surface area (Å²) in [5.74, 6) is -0.717. The summed E-state index contributed by atoms with van der Waals surface area (Å²) in [7, 11) is -3.60. The number of carbonyl (C=O) groups excluding carboxylic acids is 5. The summed E-state index contributed by atoms with van der Waals surface area (Å²) in [4.78, 5) is 75.5. The second-order valence-corrected chi connectivity index (χ2v) is 21.7. The number of hydrogen-bond donors (Lipinski definition) is 3.